The second kappa shape index (κ2) is 12.1. The molecule has 1 amide bonds. The van der Waals surface area contributed by atoms with Gasteiger partial charge >= 0.3 is 5.97 Å². The number of aliphatic hydroxyl groups excluding tert-OH is 1. The van der Waals surface area contributed by atoms with Crippen LogP contribution in [-0.4, -0.2) is 47.7 Å². The Labute approximate surface area is 167 Å². The SMILES string of the molecule is COC(=O)CCC/C=C\CN1C(=O)CCCC1/C=C/[C@H](O)Cc1ccccc1. The van der Waals surface area contributed by atoms with Gasteiger partial charge in [-0.1, -0.05) is 54.6 Å². The highest BCUT2D eigenvalue weighted by molar-refractivity contribution is 5.77. The van der Waals surface area contributed by atoms with Crippen LogP contribution in [0.4, 0.5) is 0 Å². The molecule has 2 atom stereocenters. The molecule has 0 saturated carbocycles. The van der Waals surface area contributed by atoms with Crippen LogP contribution in [0.15, 0.2) is 54.6 Å². The van der Waals surface area contributed by atoms with Crippen molar-refractivity contribution in [3.63, 3.8) is 0 Å². The van der Waals surface area contributed by atoms with Gasteiger partial charge < -0.3 is 14.7 Å². The number of hydrogen-bond donors (Lipinski definition) is 1. The molecule has 1 aliphatic rings. The Morgan fingerprint density at radius 2 is 2.11 bits per heavy atom. The monoisotopic (exact) mass is 385 g/mol. The molecular formula is C23H31NO4. The first-order valence-electron chi connectivity index (χ1n) is 10.0. The van der Waals surface area contributed by atoms with Crippen LogP contribution in [0.5, 0.6) is 0 Å². The lowest BCUT2D eigenvalue weighted by molar-refractivity contribution is -0.140. The molecular weight excluding hydrogens is 354 g/mol. The number of carbonyl (C=O) groups excluding carboxylic acids is 2. The zero-order valence-electron chi connectivity index (χ0n) is 16.6. The van der Waals surface area contributed by atoms with Crippen molar-refractivity contribution < 1.29 is 19.4 Å². The first kappa shape index (κ1) is 21.9. The van der Waals surface area contributed by atoms with Gasteiger partial charge in [0.2, 0.25) is 5.91 Å². The van der Waals surface area contributed by atoms with Gasteiger partial charge in [0.15, 0.2) is 0 Å². The molecule has 0 aromatic heterocycles. The van der Waals surface area contributed by atoms with E-state index in [4.69, 9.17) is 0 Å². The number of hydrogen-bond acceptors (Lipinski definition) is 4. The van der Waals surface area contributed by atoms with Crippen LogP contribution in [-0.2, 0) is 20.7 Å². The molecule has 1 aromatic rings. The fourth-order valence-electron chi connectivity index (χ4n) is 3.34. The summed E-state index contributed by atoms with van der Waals surface area (Å²) >= 11 is 0. The molecule has 2 rings (SSSR count). The summed E-state index contributed by atoms with van der Waals surface area (Å²) in [6, 6.07) is 9.90. The van der Waals surface area contributed by atoms with Crippen LogP contribution in [0.2, 0.25) is 0 Å². The number of piperidine rings is 1. The Morgan fingerprint density at radius 3 is 2.86 bits per heavy atom. The lowest BCUT2D eigenvalue weighted by Gasteiger charge is -2.33. The molecule has 1 aliphatic heterocycles. The summed E-state index contributed by atoms with van der Waals surface area (Å²) in [6.07, 6.45) is 12.1. The van der Waals surface area contributed by atoms with E-state index < -0.39 is 6.10 Å². The van der Waals surface area contributed by atoms with Crippen molar-refractivity contribution in [1.29, 1.82) is 0 Å². The van der Waals surface area contributed by atoms with Gasteiger partial charge in [-0.05, 0) is 31.2 Å². The molecule has 5 heteroatoms. The Bertz CT molecular complexity index is 668. The largest absolute Gasteiger partial charge is 0.469 e. The van der Waals surface area contributed by atoms with E-state index in [-0.39, 0.29) is 17.9 Å². The van der Waals surface area contributed by atoms with Crippen LogP contribution in [0.25, 0.3) is 0 Å². The summed E-state index contributed by atoms with van der Waals surface area (Å²) in [7, 11) is 1.39. The van der Waals surface area contributed by atoms with Crippen LogP contribution in [0, 0.1) is 0 Å². The van der Waals surface area contributed by atoms with Crippen LogP contribution in [0.3, 0.4) is 0 Å². The van der Waals surface area contributed by atoms with E-state index in [1.807, 2.05) is 59.5 Å². The Balaban J connectivity index is 1.83. The molecule has 0 radical (unpaired) electrons. The maximum atomic E-state index is 12.3. The number of methoxy groups -OCH3 is 1. The summed E-state index contributed by atoms with van der Waals surface area (Å²) in [5, 5.41) is 10.3. The molecule has 0 spiro atoms. The van der Waals surface area contributed by atoms with Gasteiger partial charge in [-0.3, -0.25) is 9.59 Å². The number of carbonyl (C=O) groups is 2. The maximum Gasteiger partial charge on any atom is 0.305 e. The number of amides is 1. The first-order valence-corrected chi connectivity index (χ1v) is 10.0. The Hall–Kier alpha value is -2.40. The van der Waals surface area contributed by atoms with E-state index >= 15 is 0 Å². The second-order valence-corrected chi connectivity index (χ2v) is 7.09. The van der Waals surface area contributed by atoms with Gasteiger partial charge in [0.05, 0.1) is 19.3 Å². The molecule has 0 aliphatic carbocycles. The van der Waals surface area contributed by atoms with Crippen molar-refractivity contribution in [2.24, 2.45) is 0 Å². The molecule has 1 N–H and O–H groups in total. The molecule has 1 aromatic carbocycles. The molecule has 5 nitrogen and oxygen atoms in total. The molecule has 152 valence electrons. The van der Waals surface area contributed by atoms with Crippen molar-refractivity contribution in [3.8, 4) is 0 Å². The van der Waals surface area contributed by atoms with Crippen LogP contribution in [0.1, 0.15) is 44.1 Å². The van der Waals surface area contributed by atoms with Gasteiger partial charge in [0.25, 0.3) is 0 Å². The fourth-order valence-corrected chi connectivity index (χ4v) is 3.34. The summed E-state index contributed by atoms with van der Waals surface area (Å²) in [6.45, 7) is 0.556. The zero-order valence-corrected chi connectivity index (χ0v) is 16.6. The van der Waals surface area contributed by atoms with E-state index in [0.717, 1.165) is 31.2 Å². The van der Waals surface area contributed by atoms with Crippen LogP contribution >= 0.6 is 0 Å². The molecule has 0 bridgehead atoms. The number of nitrogens with zero attached hydrogens (tertiary/aromatic N) is 1. The summed E-state index contributed by atoms with van der Waals surface area (Å²) in [4.78, 5) is 25.3. The number of aliphatic hydroxyl groups is 1. The standard InChI is InChI=1S/C23H31NO4/c1-28-23(27)14-7-2-3-8-17-24-20(12-9-13-22(24)26)15-16-21(25)18-19-10-5-4-6-11-19/h3-6,8,10-11,15-16,20-21,25H,2,7,9,12-14,17-18H2,1H3/b8-3-,16-15+/t20?,21-/m0/s1. The van der Waals surface area contributed by atoms with E-state index in [1.165, 1.54) is 7.11 Å². The van der Waals surface area contributed by atoms with Gasteiger partial charge in [0, 0.05) is 25.8 Å². The smallest absolute Gasteiger partial charge is 0.305 e. The number of esters is 1. The predicted molar refractivity (Wildman–Crippen MR) is 110 cm³/mol. The summed E-state index contributed by atoms with van der Waals surface area (Å²) in [5.41, 5.74) is 1.09. The highest BCUT2D eigenvalue weighted by atomic mass is 16.5. The molecule has 28 heavy (non-hydrogen) atoms. The third-order valence-corrected chi connectivity index (χ3v) is 4.90. The topological polar surface area (TPSA) is 66.8 Å². The van der Waals surface area contributed by atoms with Crippen molar-refractivity contribution >= 4 is 11.9 Å². The number of unbranched alkanes of at least 4 members (excludes halogenated alkanes) is 1. The van der Waals surface area contributed by atoms with E-state index in [0.29, 0.717) is 25.8 Å². The van der Waals surface area contributed by atoms with Gasteiger partial charge in [-0.2, -0.15) is 0 Å². The van der Waals surface area contributed by atoms with Crippen molar-refractivity contribution in [3.05, 3.63) is 60.2 Å². The minimum Gasteiger partial charge on any atom is -0.469 e. The maximum absolute atomic E-state index is 12.3. The second-order valence-electron chi connectivity index (χ2n) is 7.09. The lowest BCUT2D eigenvalue weighted by Crippen LogP contribution is -2.42. The Kier molecular flexibility index (Phi) is 9.49. The molecule has 1 unspecified atom stereocenters. The highest BCUT2D eigenvalue weighted by Crippen LogP contribution is 2.20. The number of benzene rings is 1. The third kappa shape index (κ3) is 7.69. The van der Waals surface area contributed by atoms with Crippen molar-refractivity contribution in [2.75, 3.05) is 13.7 Å². The highest BCUT2D eigenvalue weighted by Gasteiger charge is 2.25. The average Bonchev–Trinajstić information content (AvgIpc) is 2.70. The Morgan fingerprint density at radius 1 is 1.32 bits per heavy atom. The number of likely N-dealkylation sites (tertiary alicyclic amines) is 1. The molecule has 1 heterocycles. The normalized spacial score (nSPS) is 18.7. The van der Waals surface area contributed by atoms with Crippen molar-refractivity contribution in [1.82, 2.24) is 4.90 Å². The minimum absolute atomic E-state index is 0.0198. The van der Waals surface area contributed by atoms with E-state index in [9.17, 15) is 14.7 Å². The fraction of sp³-hybridized carbons (Fsp3) is 0.478. The number of allylic oxidation sites excluding steroid dienone is 1. The molecule has 1 fully saturated rings. The third-order valence-electron chi connectivity index (χ3n) is 4.90. The van der Waals surface area contributed by atoms with Crippen molar-refractivity contribution in [2.45, 2.75) is 57.1 Å². The first-order chi connectivity index (χ1) is 13.6. The van der Waals surface area contributed by atoms with Gasteiger partial charge in [-0.15, -0.1) is 0 Å². The summed E-state index contributed by atoms with van der Waals surface area (Å²) < 4.78 is 4.62. The zero-order chi connectivity index (χ0) is 20.2. The quantitative estimate of drug-likeness (QED) is 0.381. The lowest BCUT2D eigenvalue weighted by atomic mass is 9.99. The van der Waals surface area contributed by atoms with Gasteiger partial charge in [-0.25, -0.2) is 0 Å². The average molecular weight is 386 g/mol. The van der Waals surface area contributed by atoms with Gasteiger partial charge in [0.1, 0.15) is 0 Å². The van der Waals surface area contributed by atoms with Crippen LogP contribution < -0.4 is 0 Å². The number of ether oxygens (including phenoxy) is 1. The number of rotatable bonds is 10. The molecule has 1 saturated heterocycles. The minimum atomic E-state index is -0.560. The van der Waals surface area contributed by atoms with E-state index in [2.05, 4.69) is 4.74 Å². The predicted octanol–water partition coefficient (Wildman–Crippen LogP) is 3.43. The summed E-state index contributed by atoms with van der Waals surface area (Å²) in [5.74, 6) is -0.0449. The van der Waals surface area contributed by atoms with E-state index in [1.54, 1.807) is 0 Å².